The summed E-state index contributed by atoms with van der Waals surface area (Å²) in [6, 6.07) is 43.6. The third-order valence-electron chi connectivity index (χ3n) is 7.29. The molecule has 1 aromatic heterocycles. The van der Waals surface area contributed by atoms with Crippen molar-refractivity contribution in [3.63, 3.8) is 0 Å². The van der Waals surface area contributed by atoms with Crippen LogP contribution in [-0.2, 0) is 0 Å². The molecule has 2 heterocycles. The molecule has 6 aromatic carbocycles. The Bertz CT molecular complexity index is 1980. The van der Waals surface area contributed by atoms with Gasteiger partial charge in [-0.05, 0) is 57.5 Å². The largest absolute Gasteiger partial charge is 0.455 e. The Morgan fingerprint density at radius 1 is 0.444 bits per heavy atom. The van der Waals surface area contributed by atoms with E-state index in [1.165, 1.54) is 42.8 Å². The molecular weight excluding hydrogens is 456 g/mol. The summed E-state index contributed by atoms with van der Waals surface area (Å²) >= 11 is 1.87. The van der Waals surface area contributed by atoms with E-state index in [0.717, 1.165) is 33.1 Å². The summed E-state index contributed by atoms with van der Waals surface area (Å²) in [5.74, 6) is 0. The first-order valence-corrected chi connectivity index (χ1v) is 13.0. The Balaban J connectivity index is 1.33. The van der Waals surface area contributed by atoms with Crippen LogP contribution in [0.4, 0.5) is 0 Å². The molecule has 7 aromatic rings. The first-order chi connectivity index (χ1) is 17.8. The molecule has 2 heteroatoms. The van der Waals surface area contributed by atoms with E-state index in [1.54, 1.807) is 0 Å². The van der Waals surface area contributed by atoms with Crippen LogP contribution in [0.1, 0.15) is 0 Å². The van der Waals surface area contributed by atoms with Crippen LogP contribution in [0, 0.1) is 0 Å². The lowest BCUT2D eigenvalue weighted by molar-refractivity contribution is 0.670. The third-order valence-corrected chi connectivity index (χ3v) is 8.42. The fraction of sp³-hybridized carbons (Fsp3) is 0. The standard InChI is InChI=1S/C34H20OS/c1-3-16-30-25(10-1)29-15-6-12-24(34(29)35-30)22-9-5-8-21(20-22)23-18-19-32-33-27(23)13-7-14-28(33)26-11-2-4-17-31(26)36-32/h1-20H. The highest BCUT2D eigenvalue weighted by atomic mass is 32.2. The maximum absolute atomic E-state index is 6.34. The molecule has 0 aliphatic carbocycles. The highest BCUT2D eigenvalue weighted by molar-refractivity contribution is 7.99. The molecule has 36 heavy (non-hydrogen) atoms. The lowest BCUT2D eigenvalue weighted by atomic mass is 9.91. The molecule has 0 saturated carbocycles. The van der Waals surface area contributed by atoms with Gasteiger partial charge >= 0.3 is 0 Å². The molecule has 0 bridgehead atoms. The predicted octanol–water partition coefficient (Wildman–Crippen LogP) is 10.2. The number of hydrogen-bond acceptors (Lipinski definition) is 2. The molecule has 0 fully saturated rings. The average molecular weight is 477 g/mol. The molecule has 0 N–H and O–H groups in total. The summed E-state index contributed by atoms with van der Waals surface area (Å²) < 4.78 is 6.34. The Hall–Kier alpha value is -4.27. The van der Waals surface area contributed by atoms with Crippen molar-refractivity contribution < 1.29 is 4.42 Å². The van der Waals surface area contributed by atoms with Crippen LogP contribution in [0.5, 0.6) is 0 Å². The number of hydrogen-bond donors (Lipinski definition) is 0. The van der Waals surface area contributed by atoms with Gasteiger partial charge in [0, 0.05) is 31.5 Å². The van der Waals surface area contributed by atoms with Crippen molar-refractivity contribution in [2.24, 2.45) is 0 Å². The maximum atomic E-state index is 6.34. The first-order valence-electron chi connectivity index (χ1n) is 12.2. The van der Waals surface area contributed by atoms with E-state index in [2.05, 4.69) is 109 Å². The molecule has 0 unspecified atom stereocenters. The van der Waals surface area contributed by atoms with E-state index < -0.39 is 0 Å². The van der Waals surface area contributed by atoms with Gasteiger partial charge in [-0.25, -0.2) is 0 Å². The van der Waals surface area contributed by atoms with Crippen LogP contribution in [0.25, 0.3) is 66.1 Å². The van der Waals surface area contributed by atoms with E-state index in [1.807, 2.05) is 23.9 Å². The molecule has 0 atom stereocenters. The SMILES string of the molecule is c1cc(-c2ccc3c4c(cccc24)-c2ccccc2S3)cc(-c2cccc3c2oc2ccccc23)c1. The molecule has 0 radical (unpaired) electrons. The summed E-state index contributed by atoms with van der Waals surface area (Å²) in [5.41, 5.74) is 9.28. The summed E-state index contributed by atoms with van der Waals surface area (Å²) in [4.78, 5) is 2.65. The summed E-state index contributed by atoms with van der Waals surface area (Å²) in [7, 11) is 0. The third kappa shape index (κ3) is 2.85. The van der Waals surface area contributed by atoms with Crippen LogP contribution < -0.4 is 0 Å². The average Bonchev–Trinajstić information content (AvgIpc) is 3.32. The second-order valence-electron chi connectivity index (χ2n) is 9.30. The van der Waals surface area contributed by atoms with Crippen LogP contribution in [0.15, 0.2) is 136 Å². The normalized spacial score (nSPS) is 12.3. The van der Waals surface area contributed by atoms with Gasteiger partial charge in [-0.3, -0.25) is 0 Å². The van der Waals surface area contributed by atoms with Crippen molar-refractivity contribution in [3.05, 3.63) is 121 Å². The minimum Gasteiger partial charge on any atom is -0.455 e. The number of benzene rings is 6. The van der Waals surface area contributed by atoms with Crippen LogP contribution >= 0.6 is 11.8 Å². The Morgan fingerprint density at radius 2 is 1.14 bits per heavy atom. The summed E-state index contributed by atoms with van der Waals surface area (Å²) in [5, 5.41) is 4.97. The predicted molar refractivity (Wildman–Crippen MR) is 152 cm³/mol. The lowest BCUT2D eigenvalue weighted by Gasteiger charge is -2.21. The molecule has 1 nitrogen and oxygen atoms in total. The molecular formula is C34H20OS. The fourth-order valence-corrected chi connectivity index (χ4v) is 6.79. The Labute approximate surface area is 213 Å². The van der Waals surface area contributed by atoms with Crippen LogP contribution in [-0.4, -0.2) is 0 Å². The maximum Gasteiger partial charge on any atom is 0.143 e. The zero-order valence-electron chi connectivity index (χ0n) is 19.4. The van der Waals surface area contributed by atoms with Crippen molar-refractivity contribution >= 4 is 44.5 Å². The van der Waals surface area contributed by atoms with Gasteiger partial charge in [0.1, 0.15) is 11.2 Å². The highest BCUT2D eigenvalue weighted by Gasteiger charge is 2.20. The second-order valence-corrected chi connectivity index (χ2v) is 10.4. The zero-order chi connectivity index (χ0) is 23.6. The van der Waals surface area contributed by atoms with E-state index in [0.29, 0.717) is 0 Å². The monoisotopic (exact) mass is 476 g/mol. The van der Waals surface area contributed by atoms with Gasteiger partial charge < -0.3 is 4.42 Å². The topological polar surface area (TPSA) is 13.1 Å². The Morgan fingerprint density at radius 3 is 2.08 bits per heavy atom. The van der Waals surface area contributed by atoms with Gasteiger partial charge in [0.2, 0.25) is 0 Å². The smallest absolute Gasteiger partial charge is 0.143 e. The summed E-state index contributed by atoms with van der Waals surface area (Å²) in [6.07, 6.45) is 0. The molecule has 1 aliphatic rings. The Kier molecular flexibility index (Phi) is 4.22. The second kappa shape index (κ2) is 7.61. The van der Waals surface area contributed by atoms with Crippen molar-refractivity contribution in [2.75, 3.05) is 0 Å². The minimum absolute atomic E-state index is 0.928. The molecule has 1 aliphatic heterocycles. The van der Waals surface area contributed by atoms with Crippen LogP contribution in [0.3, 0.4) is 0 Å². The van der Waals surface area contributed by atoms with Crippen LogP contribution in [0.2, 0.25) is 0 Å². The molecule has 0 saturated heterocycles. The lowest BCUT2D eigenvalue weighted by Crippen LogP contribution is -1.94. The number of furan rings is 1. The van der Waals surface area contributed by atoms with Crippen molar-refractivity contribution in [3.8, 4) is 33.4 Å². The van der Waals surface area contributed by atoms with Crippen molar-refractivity contribution in [2.45, 2.75) is 9.79 Å². The quantitative estimate of drug-likeness (QED) is 0.246. The number of para-hydroxylation sites is 2. The van der Waals surface area contributed by atoms with Crippen molar-refractivity contribution in [1.29, 1.82) is 0 Å². The number of rotatable bonds is 2. The van der Waals surface area contributed by atoms with Gasteiger partial charge in [0.15, 0.2) is 0 Å². The molecule has 168 valence electrons. The zero-order valence-corrected chi connectivity index (χ0v) is 20.2. The summed E-state index contributed by atoms with van der Waals surface area (Å²) in [6.45, 7) is 0. The van der Waals surface area contributed by atoms with E-state index in [4.69, 9.17) is 4.42 Å². The molecule has 0 amide bonds. The molecule has 8 rings (SSSR count). The van der Waals surface area contributed by atoms with E-state index in [-0.39, 0.29) is 0 Å². The van der Waals surface area contributed by atoms with Gasteiger partial charge in [-0.2, -0.15) is 0 Å². The highest BCUT2D eigenvalue weighted by Crippen LogP contribution is 2.49. The van der Waals surface area contributed by atoms with Gasteiger partial charge in [-0.15, -0.1) is 0 Å². The first kappa shape index (κ1) is 20.0. The van der Waals surface area contributed by atoms with Gasteiger partial charge in [0.25, 0.3) is 0 Å². The molecule has 0 spiro atoms. The number of fused-ring (bicyclic) bond motifs is 5. The van der Waals surface area contributed by atoms with Gasteiger partial charge in [-0.1, -0.05) is 109 Å². The van der Waals surface area contributed by atoms with Crippen molar-refractivity contribution in [1.82, 2.24) is 0 Å². The fourth-order valence-electron chi connectivity index (χ4n) is 5.66. The van der Waals surface area contributed by atoms with Gasteiger partial charge in [0.05, 0.1) is 0 Å². The van der Waals surface area contributed by atoms with E-state index in [9.17, 15) is 0 Å². The minimum atomic E-state index is 0.928. The van der Waals surface area contributed by atoms with E-state index >= 15 is 0 Å².